The molecule has 2 aliphatic rings. The van der Waals surface area contributed by atoms with Gasteiger partial charge in [0.15, 0.2) is 0 Å². The third-order valence-corrected chi connectivity index (χ3v) is 6.19. The zero-order chi connectivity index (χ0) is 21.7. The number of nitrogens with one attached hydrogen (secondary N) is 1. The number of furan rings is 1. The SMILES string of the molecule is CCOC(=O)[C@@]1(C(F)(F)F)Nc2ccccc2[C@H]2C[C@](CC)(c3ccc(C)o3)O[C@H]21. The van der Waals surface area contributed by atoms with Crippen molar-refractivity contribution in [3.8, 4) is 0 Å². The molecule has 0 bridgehead atoms. The summed E-state index contributed by atoms with van der Waals surface area (Å²) in [5, 5.41) is 2.47. The fourth-order valence-electron chi connectivity index (χ4n) is 4.72. The summed E-state index contributed by atoms with van der Waals surface area (Å²) in [6.07, 6.45) is -5.79. The van der Waals surface area contributed by atoms with E-state index >= 15 is 0 Å². The molecular weight excluding hydrogens is 399 g/mol. The van der Waals surface area contributed by atoms with Gasteiger partial charge in [-0.05, 0) is 50.5 Å². The van der Waals surface area contributed by atoms with Crippen molar-refractivity contribution >= 4 is 11.7 Å². The molecule has 4 atom stereocenters. The number of carbonyl (C=O) groups is 1. The Kier molecular flexibility index (Phi) is 4.88. The first-order chi connectivity index (χ1) is 14.2. The minimum absolute atomic E-state index is 0.173. The van der Waals surface area contributed by atoms with E-state index in [0.29, 0.717) is 23.5 Å². The van der Waals surface area contributed by atoms with Gasteiger partial charge in [-0.3, -0.25) is 0 Å². The Hall–Kier alpha value is -2.48. The van der Waals surface area contributed by atoms with Crippen LogP contribution in [0.1, 0.15) is 49.7 Å². The van der Waals surface area contributed by atoms with Gasteiger partial charge in [-0.2, -0.15) is 13.2 Å². The van der Waals surface area contributed by atoms with Crippen molar-refractivity contribution in [2.75, 3.05) is 11.9 Å². The summed E-state index contributed by atoms with van der Waals surface area (Å²) in [7, 11) is 0. The Balaban J connectivity index is 1.92. The quantitative estimate of drug-likeness (QED) is 0.697. The van der Waals surface area contributed by atoms with Gasteiger partial charge >= 0.3 is 12.1 Å². The molecule has 30 heavy (non-hydrogen) atoms. The standard InChI is InChI=1S/C22H24F3NO4/c1-4-20(17-11-10-13(3)29-17)12-15-14-8-6-7-9-16(14)26-21(18(15)30-20,22(23,24)25)19(27)28-5-2/h6-11,15,18,26H,4-5,12H2,1-3H3/t15-,18-,20-,21+/m1/s1. The van der Waals surface area contributed by atoms with Crippen LogP contribution >= 0.6 is 0 Å². The maximum Gasteiger partial charge on any atom is 0.425 e. The highest BCUT2D eigenvalue weighted by Crippen LogP contribution is 2.59. The summed E-state index contributed by atoms with van der Waals surface area (Å²) in [4.78, 5) is 12.9. The predicted molar refractivity (Wildman–Crippen MR) is 103 cm³/mol. The molecule has 0 radical (unpaired) electrons. The molecule has 8 heteroatoms. The number of halogens is 3. The molecule has 1 aromatic carbocycles. The van der Waals surface area contributed by atoms with E-state index in [4.69, 9.17) is 13.9 Å². The van der Waals surface area contributed by atoms with Crippen LogP contribution in [0.3, 0.4) is 0 Å². The molecule has 3 heterocycles. The fourth-order valence-corrected chi connectivity index (χ4v) is 4.72. The van der Waals surface area contributed by atoms with E-state index < -0.39 is 35.3 Å². The maximum absolute atomic E-state index is 14.6. The number of fused-ring (bicyclic) bond motifs is 3. The lowest BCUT2D eigenvalue weighted by atomic mass is 9.73. The minimum Gasteiger partial charge on any atom is -0.464 e. The van der Waals surface area contributed by atoms with Crippen LogP contribution in [0.2, 0.25) is 0 Å². The number of para-hydroxylation sites is 1. The summed E-state index contributed by atoms with van der Waals surface area (Å²) in [6, 6.07) is 10.2. The van der Waals surface area contributed by atoms with Crippen molar-refractivity contribution < 1.29 is 31.9 Å². The molecule has 0 spiro atoms. The van der Waals surface area contributed by atoms with Crippen LogP contribution in [-0.4, -0.2) is 30.4 Å². The molecule has 2 aromatic rings. The van der Waals surface area contributed by atoms with E-state index in [0.717, 1.165) is 0 Å². The highest BCUT2D eigenvalue weighted by molar-refractivity contribution is 5.89. The summed E-state index contributed by atoms with van der Waals surface area (Å²) >= 11 is 0. The predicted octanol–water partition coefficient (Wildman–Crippen LogP) is 5.06. The van der Waals surface area contributed by atoms with Crippen LogP contribution in [0.5, 0.6) is 0 Å². The van der Waals surface area contributed by atoms with Gasteiger partial charge in [0.2, 0.25) is 0 Å². The van der Waals surface area contributed by atoms with E-state index in [2.05, 4.69) is 5.32 Å². The van der Waals surface area contributed by atoms with Crippen LogP contribution in [0.4, 0.5) is 18.9 Å². The molecule has 1 fully saturated rings. The summed E-state index contributed by atoms with van der Waals surface area (Å²) in [6.45, 7) is 4.92. The summed E-state index contributed by atoms with van der Waals surface area (Å²) in [5.74, 6) is -0.944. The van der Waals surface area contributed by atoms with Crippen LogP contribution < -0.4 is 5.32 Å². The largest absolute Gasteiger partial charge is 0.464 e. The van der Waals surface area contributed by atoms with E-state index in [1.54, 1.807) is 43.3 Å². The topological polar surface area (TPSA) is 60.7 Å². The van der Waals surface area contributed by atoms with Crippen molar-refractivity contribution in [1.29, 1.82) is 0 Å². The Morgan fingerprint density at radius 2 is 1.97 bits per heavy atom. The second-order valence-corrected chi connectivity index (χ2v) is 7.85. The van der Waals surface area contributed by atoms with Crippen LogP contribution in [0.15, 0.2) is 40.8 Å². The Morgan fingerprint density at radius 3 is 2.57 bits per heavy atom. The number of hydrogen-bond donors (Lipinski definition) is 1. The van der Waals surface area contributed by atoms with Crippen LogP contribution in [0.25, 0.3) is 0 Å². The van der Waals surface area contributed by atoms with Gasteiger partial charge in [0, 0.05) is 11.6 Å². The molecule has 0 unspecified atom stereocenters. The van der Waals surface area contributed by atoms with E-state index in [9.17, 15) is 18.0 Å². The number of benzene rings is 1. The van der Waals surface area contributed by atoms with Crippen LogP contribution in [-0.2, 0) is 19.9 Å². The molecule has 0 aliphatic carbocycles. The molecule has 4 rings (SSSR count). The Labute approximate surface area is 172 Å². The second-order valence-electron chi connectivity index (χ2n) is 7.85. The lowest BCUT2D eigenvalue weighted by Gasteiger charge is -2.45. The van der Waals surface area contributed by atoms with Crippen LogP contribution in [0, 0.1) is 6.92 Å². The van der Waals surface area contributed by atoms with E-state index in [1.165, 1.54) is 6.92 Å². The minimum atomic E-state index is -4.95. The Bertz CT molecular complexity index is 956. The number of hydrogen-bond acceptors (Lipinski definition) is 5. The zero-order valence-corrected chi connectivity index (χ0v) is 17.0. The number of carbonyl (C=O) groups excluding carboxylic acids is 1. The van der Waals surface area contributed by atoms with Gasteiger partial charge in [-0.25, -0.2) is 4.79 Å². The third kappa shape index (κ3) is 2.84. The van der Waals surface area contributed by atoms with Gasteiger partial charge in [0.05, 0.1) is 6.61 Å². The van der Waals surface area contributed by atoms with Crippen molar-refractivity contribution in [1.82, 2.24) is 0 Å². The first-order valence-electron chi connectivity index (χ1n) is 10.0. The Morgan fingerprint density at radius 1 is 1.23 bits per heavy atom. The van der Waals surface area contributed by atoms with Crippen molar-refractivity contribution in [3.63, 3.8) is 0 Å². The highest BCUT2D eigenvalue weighted by atomic mass is 19.4. The van der Waals surface area contributed by atoms with Gasteiger partial charge in [-0.1, -0.05) is 25.1 Å². The number of anilines is 1. The lowest BCUT2D eigenvalue weighted by molar-refractivity contribution is -0.231. The van der Waals surface area contributed by atoms with Gasteiger partial charge in [0.1, 0.15) is 23.2 Å². The third-order valence-electron chi connectivity index (χ3n) is 6.19. The summed E-state index contributed by atoms with van der Waals surface area (Å²) < 4.78 is 60.7. The van der Waals surface area contributed by atoms with E-state index in [-0.39, 0.29) is 18.7 Å². The van der Waals surface area contributed by atoms with Crippen molar-refractivity contribution in [3.05, 3.63) is 53.5 Å². The first kappa shape index (κ1) is 20.8. The van der Waals surface area contributed by atoms with Gasteiger partial charge in [-0.15, -0.1) is 0 Å². The molecule has 0 amide bonds. The number of aryl methyl sites for hydroxylation is 1. The van der Waals surface area contributed by atoms with Crippen molar-refractivity contribution in [2.45, 2.75) is 63.0 Å². The monoisotopic (exact) mass is 423 g/mol. The molecule has 162 valence electrons. The molecule has 1 saturated heterocycles. The highest BCUT2D eigenvalue weighted by Gasteiger charge is 2.73. The molecular formula is C22H24F3NO4. The zero-order valence-electron chi connectivity index (χ0n) is 17.0. The first-order valence-corrected chi connectivity index (χ1v) is 10.0. The molecule has 0 saturated carbocycles. The molecule has 5 nitrogen and oxygen atoms in total. The fraction of sp³-hybridized carbons (Fsp3) is 0.500. The summed E-state index contributed by atoms with van der Waals surface area (Å²) in [5.41, 5.74) is -3.15. The number of ether oxygens (including phenoxy) is 2. The molecule has 1 aromatic heterocycles. The number of rotatable bonds is 4. The maximum atomic E-state index is 14.6. The second kappa shape index (κ2) is 7.04. The van der Waals surface area contributed by atoms with Crippen molar-refractivity contribution in [2.24, 2.45) is 0 Å². The normalized spacial score (nSPS) is 30.3. The van der Waals surface area contributed by atoms with Gasteiger partial charge in [0.25, 0.3) is 5.54 Å². The van der Waals surface area contributed by atoms with Gasteiger partial charge < -0.3 is 19.2 Å². The molecule has 2 aliphatic heterocycles. The number of alkyl halides is 3. The number of esters is 1. The smallest absolute Gasteiger partial charge is 0.425 e. The average molecular weight is 423 g/mol. The average Bonchev–Trinajstić information content (AvgIpc) is 3.31. The lowest BCUT2D eigenvalue weighted by Crippen LogP contribution is -2.68. The molecule has 1 N–H and O–H groups in total. The van der Waals surface area contributed by atoms with E-state index in [1.807, 2.05) is 6.92 Å².